The topological polar surface area (TPSA) is 131 Å². The van der Waals surface area contributed by atoms with Crippen LogP contribution in [-0.4, -0.2) is 49.3 Å². The Kier molecular flexibility index (Phi) is 7.73. The molecular weight excluding hydrogens is 374 g/mol. The molecule has 1 unspecified atom stereocenters. The van der Waals surface area contributed by atoms with E-state index in [0.717, 1.165) is 22.3 Å². The number of nitrogens with one attached hydrogen (secondary N) is 2. The molecule has 154 valence electrons. The van der Waals surface area contributed by atoms with Crippen molar-refractivity contribution in [2.24, 2.45) is 5.73 Å². The highest BCUT2D eigenvalue weighted by atomic mass is 16.5. The van der Waals surface area contributed by atoms with Gasteiger partial charge < -0.3 is 26.2 Å². The van der Waals surface area contributed by atoms with Crippen LogP contribution in [-0.2, 0) is 14.3 Å². The number of ether oxygens (including phenoxy) is 1. The minimum atomic E-state index is -1.26. The molecule has 0 aliphatic heterocycles. The zero-order valence-electron chi connectivity index (χ0n) is 16.3. The van der Waals surface area contributed by atoms with E-state index in [2.05, 4.69) is 16.4 Å². The Morgan fingerprint density at radius 1 is 1.03 bits per heavy atom. The van der Waals surface area contributed by atoms with Crippen molar-refractivity contribution in [2.75, 3.05) is 20.2 Å². The first-order chi connectivity index (χ1) is 14.0. The molecular formula is C21H25N3O5. The molecule has 0 bridgehead atoms. The molecule has 0 saturated heterocycles. The minimum Gasteiger partial charge on any atom is -0.480 e. The average Bonchev–Trinajstić information content (AvgIpc) is 3.04. The number of carbonyl (C=O) groups excluding carboxylic acids is 2. The highest BCUT2D eigenvalue weighted by Gasteiger charge is 2.29. The maximum atomic E-state index is 12.1. The lowest BCUT2D eigenvalue weighted by Gasteiger charge is -2.17. The first-order valence-corrected chi connectivity index (χ1v) is 9.14. The third-order valence-corrected chi connectivity index (χ3v) is 4.49. The average molecular weight is 399 g/mol. The van der Waals surface area contributed by atoms with E-state index in [1.165, 1.54) is 14.0 Å². The van der Waals surface area contributed by atoms with Gasteiger partial charge in [0.15, 0.2) is 0 Å². The van der Waals surface area contributed by atoms with Crippen LogP contribution in [0.25, 0.3) is 11.1 Å². The van der Waals surface area contributed by atoms with Crippen molar-refractivity contribution in [3.63, 3.8) is 0 Å². The van der Waals surface area contributed by atoms with E-state index in [1.807, 2.05) is 48.5 Å². The van der Waals surface area contributed by atoms with Gasteiger partial charge >= 0.3 is 12.1 Å². The van der Waals surface area contributed by atoms with Crippen molar-refractivity contribution in [1.29, 1.82) is 0 Å². The Hall–Kier alpha value is -3.39. The molecule has 3 rings (SSSR count). The summed E-state index contributed by atoms with van der Waals surface area (Å²) in [4.78, 5) is 34.2. The fourth-order valence-corrected chi connectivity index (χ4v) is 3.23. The van der Waals surface area contributed by atoms with E-state index >= 15 is 0 Å². The van der Waals surface area contributed by atoms with Gasteiger partial charge in [0.2, 0.25) is 5.91 Å². The molecule has 2 aromatic carbocycles. The molecule has 1 aliphatic rings. The van der Waals surface area contributed by atoms with Gasteiger partial charge in [0.1, 0.15) is 12.6 Å². The predicted octanol–water partition coefficient (Wildman–Crippen LogP) is 1.69. The summed E-state index contributed by atoms with van der Waals surface area (Å²) in [6, 6.07) is 14.6. The van der Waals surface area contributed by atoms with Crippen LogP contribution in [0.3, 0.4) is 0 Å². The van der Waals surface area contributed by atoms with Gasteiger partial charge in [-0.3, -0.25) is 4.79 Å². The van der Waals surface area contributed by atoms with Gasteiger partial charge in [-0.05, 0) is 29.3 Å². The molecule has 5 N–H and O–H groups in total. The first kappa shape index (κ1) is 21.9. The number of hydrogen-bond acceptors (Lipinski definition) is 5. The van der Waals surface area contributed by atoms with Crippen LogP contribution in [0.4, 0.5) is 4.79 Å². The number of amides is 2. The Labute approximate surface area is 169 Å². The predicted molar refractivity (Wildman–Crippen MR) is 108 cm³/mol. The summed E-state index contributed by atoms with van der Waals surface area (Å²) in [6.07, 6.45) is -0.838. The zero-order chi connectivity index (χ0) is 21.4. The van der Waals surface area contributed by atoms with E-state index in [0.29, 0.717) is 0 Å². The fourth-order valence-electron chi connectivity index (χ4n) is 3.23. The second-order valence-corrected chi connectivity index (χ2v) is 6.30. The number of hydrogen-bond donors (Lipinski definition) is 4. The van der Waals surface area contributed by atoms with Crippen LogP contribution in [0, 0.1) is 0 Å². The summed E-state index contributed by atoms with van der Waals surface area (Å²) in [5.41, 5.74) is 8.85. The molecule has 8 heteroatoms. The SMILES string of the molecule is CC(=O)NCC(NC(=O)OCC1c2ccccc2-c2ccccc21)C(=O)O.CN. The van der Waals surface area contributed by atoms with Crippen molar-refractivity contribution >= 4 is 18.0 Å². The summed E-state index contributed by atoms with van der Waals surface area (Å²) in [5, 5.41) is 13.8. The largest absolute Gasteiger partial charge is 0.480 e. The molecule has 1 atom stereocenters. The zero-order valence-corrected chi connectivity index (χ0v) is 16.3. The van der Waals surface area contributed by atoms with Crippen LogP contribution < -0.4 is 16.4 Å². The molecule has 0 fully saturated rings. The van der Waals surface area contributed by atoms with E-state index < -0.39 is 18.1 Å². The summed E-state index contributed by atoms with van der Waals surface area (Å²) in [7, 11) is 1.50. The normalized spacial score (nSPS) is 12.5. The van der Waals surface area contributed by atoms with Gasteiger partial charge in [0, 0.05) is 19.4 Å². The van der Waals surface area contributed by atoms with Gasteiger partial charge in [-0.15, -0.1) is 0 Å². The van der Waals surface area contributed by atoms with Gasteiger partial charge in [0.25, 0.3) is 0 Å². The molecule has 29 heavy (non-hydrogen) atoms. The van der Waals surface area contributed by atoms with E-state index in [9.17, 15) is 14.4 Å². The minimum absolute atomic E-state index is 0.0896. The van der Waals surface area contributed by atoms with Crippen LogP contribution >= 0.6 is 0 Å². The summed E-state index contributed by atoms with van der Waals surface area (Å²) < 4.78 is 5.30. The number of carboxylic acid groups (broad SMARTS) is 1. The number of fused-ring (bicyclic) bond motifs is 3. The maximum Gasteiger partial charge on any atom is 0.407 e. The summed E-state index contributed by atoms with van der Waals surface area (Å²) >= 11 is 0. The van der Waals surface area contributed by atoms with E-state index in [1.54, 1.807) is 0 Å². The molecule has 8 nitrogen and oxygen atoms in total. The number of alkyl carbamates (subject to hydrolysis) is 1. The molecule has 0 radical (unpaired) electrons. The Morgan fingerprint density at radius 2 is 1.55 bits per heavy atom. The quantitative estimate of drug-likeness (QED) is 0.585. The lowest BCUT2D eigenvalue weighted by molar-refractivity contribution is -0.139. The molecule has 0 spiro atoms. The van der Waals surface area contributed by atoms with Gasteiger partial charge in [-0.25, -0.2) is 9.59 Å². The molecule has 0 heterocycles. The van der Waals surface area contributed by atoms with E-state index in [4.69, 9.17) is 9.84 Å². The van der Waals surface area contributed by atoms with Gasteiger partial charge in [0.05, 0.1) is 0 Å². The van der Waals surface area contributed by atoms with E-state index in [-0.39, 0.29) is 25.0 Å². The van der Waals surface area contributed by atoms with Crippen molar-refractivity contribution in [3.8, 4) is 11.1 Å². The lowest BCUT2D eigenvalue weighted by atomic mass is 9.98. The van der Waals surface area contributed by atoms with Crippen LogP contribution in [0.1, 0.15) is 24.0 Å². The molecule has 0 saturated carbocycles. The Bertz CT molecular complexity index is 839. The first-order valence-electron chi connectivity index (χ1n) is 9.14. The molecule has 2 aromatic rings. The number of aliphatic carboxylic acids is 1. The Morgan fingerprint density at radius 3 is 2.03 bits per heavy atom. The summed E-state index contributed by atoms with van der Waals surface area (Å²) in [6.45, 7) is 1.15. The smallest absolute Gasteiger partial charge is 0.407 e. The van der Waals surface area contributed by atoms with Crippen LogP contribution in [0.2, 0.25) is 0 Å². The molecule has 1 aliphatic carbocycles. The van der Waals surface area contributed by atoms with Crippen LogP contribution in [0.15, 0.2) is 48.5 Å². The van der Waals surface area contributed by atoms with Crippen molar-refractivity contribution in [3.05, 3.63) is 59.7 Å². The highest BCUT2D eigenvalue weighted by Crippen LogP contribution is 2.44. The van der Waals surface area contributed by atoms with Gasteiger partial charge in [-0.2, -0.15) is 0 Å². The number of carboxylic acids is 1. The van der Waals surface area contributed by atoms with Crippen LogP contribution in [0.5, 0.6) is 0 Å². The van der Waals surface area contributed by atoms with Crippen molar-refractivity contribution < 1.29 is 24.2 Å². The molecule has 0 aromatic heterocycles. The maximum absolute atomic E-state index is 12.1. The third kappa shape index (κ3) is 5.32. The second-order valence-electron chi connectivity index (χ2n) is 6.30. The fraction of sp³-hybridized carbons (Fsp3) is 0.286. The third-order valence-electron chi connectivity index (χ3n) is 4.49. The lowest BCUT2D eigenvalue weighted by Crippen LogP contribution is -2.48. The monoisotopic (exact) mass is 399 g/mol. The standard InChI is InChI=1S/C20H20N2O5.CH5N/c1-12(23)21-10-18(19(24)25)22-20(26)27-11-17-15-8-4-2-6-13(15)14-7-3-5-9-16(14)17;1-2/h2-9,17-18H,10-11H2,1H3,(H,21,23)(H,22,26)(H,24,25);2H2,1H3. The second kappa shape index (κ2) is 10.2. The summed E-state index contributed by atoms with van der Waals surface area (Å²) in [5.74, 6) is -1.74. The van der Waals surface area contributed by atoms with Gasteiger partial charge in [-0.1, -0.05) is 48.5 Å². The Balaban J connectivity index is 0.00000145. The number of benzene rings is 2. The van der Waals surface area contributed by atoms with Crippen molar-refractivity contribution in [2.45, 2.75) is 18.9 Å². The highest BCUT2D eigenvalue weighted by molar-refractivity contribution is 5.82. The number of carbonyl (C=O) groups is 3. The number of rotatable bonds is 6. The van der Waals surface area contributed by atoms with Crippen molar-refractivity contribution in [1.82, 2.24) is 10.6 Å². The number of nitrogens with two attached hydrogens (primary N) is 1. The molecule has 2 amide bonds.